The maximum absolute atomic E-state index is 12.9. The van der Waals surface area contributed by atoms with Gasteiger partial charge in [-0.1, -0.05) is 30.3 Å². The van der Waals surface area contributed by atoms with Crippen molar-refractivity contribution >= 4 is 28.2 Å². The van der Waals surface area contributed by atoms with E-state index < -0.39 is 17.4 Å². The first-order valence-corrected chi connectivity index (χ1v) is 9.83. The molecule has 2 aromatic rings. The van der Waals surface area contributed by atoms with E-state index in [0.717, 1.165) is 29.2 Å². The molecule has 1 aliphatic rings. The maximum atomic E-state index is 12.9. The van der Waals surface area contributed by atoms with Gasteiger partial charge in [0.05, 0.1) is 29.7 Å². The molecule has 7 nitrogen and oxygen atoms in total. The van der Waals surface area contributed by atoms with Crippen LogP contribution in [0, 0.1) is 0 Å². The van der Waals surface area contributed by atoms with Crippen molar-refractivity contribution in [1.29, 1.82) is 0 Å². The number of nitrogens with one attached hydrogen (secondary N) is 1. The van der Waals surface area contributed by atoms with Crippen molar-refractivity contribution in [3.63, 3.8) is 0 Å². The minimum atomic E-state index is -1.50. The Bertz CT molecular complexity index is 832. The lowest BCUT2D eigenvalue weighted by molar-refractivity contribution is -0.145. The van der Waals surface area contributed by atoms with Gasteiger partial charge in [0.15, 0.2) is 5.54 Å². The first kappa shape index (κ1) is 20.3. The van der Waals surface area contributed by atoms with Gasteiger partial charge in [-0.15, -0.1) is 11.3 Å². The number of hydrogen-bond donors (Lipinski definition) is 2. The van der Waals surface area contributed by atoms with E-state index >= 15 is 0 Å². The number of carbonyl (C=O) groups is 2. The molecule has 1 fully saturated rings. The van der Waals surface area contributed by atoms with Gasteiger partial charge in [-0.25, -0.2) is 4.79 Å². The molecular weight excluding hydrogens is 380 g/mol. The highest BCUT2D eigenvalue weighted by atomic mass is 32.1. The van der Waals surface area contributed by atoms with Gasteiger partial charge >= 0.3 is 5.97 Å². The van der Waals surface area contributed by atoms with Crippen molar-refractivity contribution in [1.82, 2.24) is 5.32 Å². The highest BCUT2D eigenvalue weighted by molar-refractivity contribution is 7.18. The van der Waals surface area contributed by atoms with Crippen molar-refractivity contribution < 1.29 is 24.2 Å². The molecule has 0 radical (unpaired) electrons. The lowest BCUT2D eigenvalue weighted by Gasteiger charge is -2.28. The minimum absolute atomic E-state index is 0.124. The minimum Gasteiger partial charge on any atom is -0.479 e. The van der Waals surface area contributed by atoms with Gasteiger partial charge in [0.1, 0.15) is 0 Å². The first-order valence-electron chi connectivity index (χ1n) is 9.01. The SMILES string of the molecule is COCC(C)(NC(=O)c1cc(-c2ccccc2)c(N2CCOCC2)s1)C(=O)O. The van der Waals surface area contributed by atoms with E-state index in [-0.39, 0.29) is 6.61 Å². The molecule has 0 spiro atoms. The first-order chi connectivity index (χ1) is 13.4. The summed E-state index contributed by atoms with van der Waals surface area (Å²) in [4.78, 5) is 27.1. The van der Waals surface area contributed by atoms with Crippen LogP contribution >= 0.6 is 11.3 Å². The van der Waals surface area contributed by atoms with Crippen LogP contribution in [0.1, 0.15) is 16.6 Å². The second-order valence-electron chi connectivity index (χ2n) is 6.82. The van der Waals surface area contributed by atoms with E-state index in [9.17, 15) is 14.7 Å². The fraction of sp³-hybridized carbons (Fsp3) is 0.400. The molecule has 1 saturated heterocycles. The molecule has 0 saturated carbocycles. The number of carboxylic acids is 1. The quantitative estimate of drug-likeness (QED) is 0.737. The van der Waals surface area contributed by atoms with E-state index in [4.69, 9.17) is 9.47 Å². The summed E-state index contributed by atoms with van der Waals surface area (Å²) in [7, 11) is 1.41. The van der Waals surface area contributed by atoms with Crippen LogP contribution in [0.4, 0.5) is 5.00 Å². The van der Waals surface area contributed by atoms with Crippen LogP contribution in [0.3, 0.4) is 0 Å². The summed E-state index contributed by atoms with van der Waals surface area (Å²) < 4.78 is 10.4. The Balaban J connectivity index is 1.94. The van der Waals surface area contributed by atoms with E-state index in [2.05, 4.69) is 10.2 Å². The Morgan fingerprint density at radius 1 is 1.29 bits per heavy atom. The van der Waals surface area contributed by atoms with Crippen LogP contribution in [0.5, 0.6) is 0 Å². The van der Waals surface area contributed by atoms with Crippen molar-refractivity contribution in [3.05, 3.63) is 41.3 Å². The zero-order valence-electron chi connectivity index (χ0n) is 15.9. The zero-order chi connectivity index (χ0) is 20.1. The zero-order valence-corrected chi connectivity index (χ0v) is 16.8. The average Bonchev–Trinajstić information content (AvgIpc) is 3.15. The van der Waals surface area contributed by atoms with Crippen LogP contribution in [-0.2, 0) is 14.3 Å². The van der Waals surface area contributed by atoms with E-state index in [0.29, 0.717) is 18.1 Å². The Kier molecular flexibility index (Phi) is 6.33. The normalized spacial score (nSPS) is 16.4. The van der Waals surface area contributed by atoms with Gasteiger partial charge in [0.2, 0.25) is 0 Å². The molecule has 1 unspecified atom stereocenters. The summed E-state index contributed by atoms with van der Waals surface area (Å²) in [5, 5.41) is 13.1. The van der Waals surface area contributed by atoms with Crippen LogP contribution < -0.4 is 10.2 Å². The van der Waals surface area contributed by atoms with Gasteiger partial charge in [0.25, 0.3) is 5.91 Å². The van der Waals surface area contributed by atoms with Crippen molar-refractivity contribution in [2.24, 2.45) is 0 Å². The number of methoxy groups -OCH3 is 1. The molecular formula is C20H24N2O5S. The van der Waals surface area contributed by atoms with Crippen LogP contribution in [0.25, 0.3) is 11.1 Å². The number of ether oxygens (including phenoxy) is 2. The number of thiophene rings is 1. The summed E-state index contributed by atoms with van der Waals surface area (Å²) >= 11 is 1.36. The molecule has 28 heavy (non-hydrogen) atoms. The Labute approximate surface area is 167 Å². The smallest absolute Gasteiger partial charge is 0.331 e. The summed E-state index contributed by atoms with van der Waals surface area (Å²) in [6, 6.07) is 11.7. The standard InChI is InChI=1S/C20H24N2O5S/c1-20(13-26-2,19(24)25)21-17(23)16-12-15(14-6-4-3-5-7-14)18(28-16)22-8-10-27-11-9-22/h3-7,12H,8-11,13H2,1-2H3,(H,21,23)(H,24,25). The summed E-state index contributed by atoms with van der Waals surface area (Å²) in [5.41, 5.74) is 0.473. The third-order valence-electron chi connectivity index (χ3n) is 4.61. The van der Waals surface area contributed by atoms with Gasteiger partial charge in [-0.2, -0.15) is 0 Å². The van der Waals surface area contributed by atoms with Gasteiger partial charge in [0, 0.05) is 25.8 Å². The number of anilines is 1. The molecule has 1 amide bonds. The lowest BCUT2D eigenvalue weighted by atomic mass is 10.0. The Hall–Kier alpha value is -2.42. The largest absolute Gasteiger partial charge is 0.479 e. The number of benzene rings is 1. The third kappa shape index (κ3) is 4.35. The lowest BCUT2D eigenvalue weighted by Crippen LogP contribution is -2.55. The Morgan fingerprint density at radius 3 is 2.57 bits per heavy atom. The highest BCUT2D eigenvalue weighted by Crippen LogP contribution is 2.39. The molecule has 1 aromatic carbocycles. The molecule has 0 bridgehead atoms. The van der Waals surface area contributed by atoms with Gasteiger partial charge < -0.3 is 24.8 Å². The third-order valence-corrected chi connectivity index (χ3v) is 5.81. The second-order valence-corrected chi connectivity index (χ2v) is 7.85. The predicted molar refractivity (Wildman–Crippen MR) is 108 cm³/mol. The molecule has 3 rings (SSSR count). The number of amides is 1. The van der Waals surface area contributed by atoms with Crippen LogP contribution in [0.15, 0.2) is 36.4 Å². The fourth-order valence-corrected chi connectivity index (χ4v) is 4.20. The maximum Gasteiger partial charge on any atom is 0.331 e. The Morgan fingerprint density at radius 2 is 1.96 bits per heavy atom. The topological polar surface area (TPSA) is 88.1 Å². The van der Waals surface area contributed by atoms with E-state index in [1.54, 1.807) is 0 Å². The number of carbonyl (C=O) groups excluding carboxylic acids is 1. The molecule has 2 N–H and O–H groups in total. The molecule has 0 aliphatic carbocycles. The molecule has 1 aromatic heterocycles. The van der Waals surface area contributed by atoms with Crippen molar-refractivity contribution in [2.75, 3.05) is 44.9 Å². The number of morpholine rings is 1. The fourth-order valence-electron chi connectivity index (χ4n) is 3.07. The second kappa shape index (κ2) is 8.72. The van der Waals surface area contributed by atoms with Gasteiger partial charge in [-0.3, -0.25) is 4.79 Å². The summed E-state index contributed by atoms with van der Waals surface area (Å²) in [5.74, 6) is -1.57. The molecule has 150 valence electrons. The van der Waals surface area contributed by atoms with Crippen LogP contribution in [-0.4, -0.2) is 62.5 Å². The number of hydrogen-bond acceptors (Lipinski definition) is 6. The predicted octanol–water partition coefficient (Wildman–Crippen LogP) is 2.47. The van der Waals surface area contributed by atoms with E-state index in [1.807, 2.05) is 36.4 Å². The van der Waals surface area contributed by atoms with Crippen molar-refractivity contribution in [3.8, 4) is 11.1 Å². The molecule has 2 heterocycles. The number of nitrogens with zero attached hydrogens (tertiary/aromatic N) is 1. The monoisotopic (exact) mass is 404 g/mol. The summed E-state index contributed by atoms with van der Waals surface area (Å²) in [6.45, 7) is 4.08. The highest BCUT2D eigenvalue weighted by Gasteiger charge is 2.36. The van der Waals surface area contributed by atoms with Crippen molar-refractivity contribution in [2.45, 2.75) is 12.5 Å². The summed E-state index contributed by atoms with van der Waals surface area (Å²) in [6.07, 6.45) is 0. The molecule has 8 heteroatoms. The van der Waals surface area contributed by atoms with Crippen LogP contribution in [0.2, 0.25) is 0 Å². The number of carboxylic acid groups (broad SMARTS) is 1. The molecule has 1 atom stereocenters. The average molecular weight is 404 g/mol. The van der Waals surface area contributed by atoms with Gasteiger partial charge in [-0.05, 0) is 18.6 Å². The molecule has 1 aliphatic heterocycles. The van der Waals surface area contributed by atoms with E-state index in [1.165, 1.54) is 25.4 Å². The number of rotatable bonds is 7. The number of aliphatic carboxylic acids is 1.